The Bertz CT molecular complexity index is 199. The van der Waals surface area contributed by atoms with Crippen LogP contribution < -0.4 is 5.73 Å². The smallest absolute Gasteiger partial charge is 0.201 e. The number of hydrogen-bond acceptors (Lipinski definition) is 3. The molecule has 1 unspecified atom stereocenters. The number of allylic oxidation sites excluding steroid dienone is 2. The molecule has 1 aliphatic rings. The summed E-state index contributed by atoms with van der Waals surface area (Å²) in [6.07, 6.45) is 3.81. The maximum Gasteiger partial charge on any atom is 0.201 e. The summed E-state index contributed by atoms with van der Waals surface area (Å²) in [5, 5.41) is 0. The molecule has 3 nitrogen and oxygen atoms in total. The van der Waals surface area contributed by atoms with Gasteiger partial charge in [-0.15, -0.1) is 0 Å². The molecule has 0 fully saturated rings. The van der Waals surface area contributed by atoms with Crippen LogP contribution in [0.15, 0.2) is 11.8 Å². The van der Waals surface area contributed by atoms with Gasteiger partial charge in [0.05, 0.1) is 6.61 Å². The van der Waals surface area contributed by atoms with Gasteiger partial charge in [-0.1, -0.05) is 6.92 Å². The third-order valence-corrected chi connectivity index (χ3v) is 1.98. The second-order valence-corrected chi connectivity index (χ2v) is 3.06. The Morgan fingerprint density at radius 2 is 2.58 bits per heavy atom. The molecule has 0 aliphatic carbocycles. The third kappa shape index (κ3) is 2.08. The maximum atomic E-state index is 11.5. The van der Waals surface area contributed by atoms with E-state index < -0.39 is 0 Å². The average molecular weight is 169 g/mol. The van der Waals surface area contributed by atoms with Crippen LogP contribution in [0.4, 0.5) is 0 Å². The minimum Gasteiger partial charge on any atom is -0.490 e. The van der Waals surface area contributed by atoms with Gasteiger partial charge >= 0.3 is 0 Å². The van der Waals surface area contributed by atoms with Crippen molar-refractivity contribution in [1.29, 1.82) is 0 Å². The Morgan fingerprint density at radius 1 is 1.83 bits per heavy atom. The van der Waals surface area contributed by atoms with Crippen molar-refractivity contribution >= 4 is 5.78 Å². The second kappa shape index (κ2) is 4.26. The van der Waals surface area contributed by atoms with Gasteiger partial charge in [0.25, 0.3) is 0 Å². The normalized spacial score (nSPS) is 19.3. The lowest BCUT2D eigenvalue weighted by Gasteiger charge is -2.16. The minimum absolute atomic E-state index is 0.0391. The average Bonchev–Trinajstić information content (AvgIpc) is 2.17. The van der Waals surface area contributed by atoms with E-state index in [-0.39, 0.29) is 11.7 Å². The van der Waals surface area contributed by atoms with Crippen molar-refractivity contribution in [1.82, 2.24) is 0 Å². The van der Waals surface area contributed by atoms with E-state index in [4.69, 9.17) is 10.5 Å². The van der Waals surface area contributed by atoms with E-state index in [1.54, 1.807) is 0 Å². The largest absolute Gasteiger partial charge is 0.490 e. The highest BCUT2D eigenvalue weighted by Gasteiger charge is 2.18. The van der Waals surface area contributed by atoms with Gasteiger partial charge in [0, 0.05) is 12.5 Å². The molecule has 1 heterocycles. The van der Waals surface area contributed by atoms with Gasteiger partial charge in [-0.2, -0.15) is 0 Å². The highest BCUT2D eigenvalue weighted by Crippen LogP contribution is 2.14. The predicted octanol–water partition coefficient (Wildman–Crippen LogP) is 0.845. The van der Waals surface area contributed by atoms with Crippen molar-refractivity contribution in [3.63, 3.8) is 0 Å². The zero-order chi connectivity index (χ0) is 8.97. The molecule has 1 atom stereocenters. The van der Waals surface area contributed by atoms with Crippen LogP contribution in [0.5, 0.6) is 0 Å². The first-order valence-electron chi connectivity index (χ1n) is 4.33. The maximum absolute atomic E-state index is 11.5. The van der Waals surface area contributed by atoms with E-state index in [2.05, 4.69) is 0 Å². The number of rotatable bonds is 3. The van der Waals surface area contributed by atoms with E-state index in [1.165, 1.54) is 0 Å². The van der Waals surface area contributed by atoms with E-state index in [1.807, 2.05) is 13.0 Å². The quantitative estimate of drug-likeness (QED) is 0.681. The first-order chi connectivity index (χ1) is 5.75. The van der Waals surface area contributed by atoms with E-state index in [0.717, 1.165) is 12.8 Å². The van der Waals surface area contributed by atoms with E-state index in [0.29, 0.717) is 18.9 Å². The first-order valence-corrected chi connectivity index (χ1v) is 4.33. The SMILES string of the molecule is CC(CN)C(=O)C1=CCCCO1. The molecule has 68 valence electrons. The number of carbonyl (C=O) groups is 1. The molecule has 1 rings (SSSR count). The van der Waals surface area contributed by atoms with E-state index in [9.17, 15) is 4.79 Å². The Hall–Kier alpha value is -0.830. The summed E-state index contributed by atoms with van der Waals surface area (Å²) in [6, 6.07) is 0. The summed E-state index contributed by atoms with van der Waals surface area (Å²) in [4.78, 5) is 11.5. The zero-order valence-electron chi connectivity index (χ0n) is 7.38. The molecule has 0 aromatic carbocycles. The predicted molar refractivity (Wildman–Crippen MR) is 46.5 cm³/mol. The van der Waals surface area contributed by atoms with Crippen molar-refractivity contribution in [2.45, 2.75) is 19.8 Å². The molecule has 0 radical (unpaired) electrons. The second-order valence-electron chi connectivity index (χ2n) is 3.06. The number of ether oxygens (including phenoxy) is 1. The van der Waals surface area contributed by atoms with Crippen LogP contribution in [0.25, 0.3) is 0 Å². The summed E-state index contributed by atoms with van der Waals surface area (Å²) in [5.74, 6) is 0.436. The highest BCUT2D eigenvalue weighted by atomic mass is 16.5. The lowest BCUT2D eigenvalue weighted by molar-refractivity contribution is -0.122. The van der Waals surface area contributed by atoms with Crippen molar-refractivity contribution in [3.05, 3.63) is 11.8 Å². The van der Waals surface area contributed by atoms with Crippen LogP contribution in [0.3, 0.4) is 0 Å². The van der Waals surface area contributed by atoms with Gasteiger partial charge in [-0.05, 0) is 18.9 Å². The summed E-state index contributed by atoms with van der Waals surface area (Å²) in [5.41, 5.74) is 5.38. The highest BCUT2D eigenvalue weighted by molar-refractivity contribution is 5.95. The standard InChI is InChI=1S/C9H15NO2/c1-7(6-10)9(11)8-4-2-3-5-12-8/h4,7H,2-3,5-6,10H2,1H3. The van der Waals surface area contributed by atoms with Crippen LogP contribution in [0.2, 0.25) is 0 Å². The monoisotopic (exact) mass is 169 g/mol. The van der Waals surface area contributed by atoms with Crippen molar-refractivity contribution in [2.75, 3.05) is 13.2 Å². The number of hydrogen-bond donors (Lipinski definition) is 1. The van der Waals surface area contributed by atoms with Crippen LogP contribution >= 0.6 is 0 Å². The molecule has 2 N–H and O–H groups in total. The molecular formula is C9H15NO2. The van der Waals surface area contributed by atoms with Crippen molar-refractivity contribution < 1.29 is 9.53 Å². The fourth-order valence-electron chi connectivity index (χ4n) is 1.08. The van der Waals surface area contributed by atoms with Crippen molar-refractivity contribution in [2.24, 2.45) is 11.7 Å². The molecule has 3 heteroatoms. The van der Waals surface area contributed by atoms with Gasteiger partial charge < -0.3 is 10.5 Å². The molecule has 0 spiro atoms. The Balaban J connectivity index is 2.56. The minimum atomic E-state index is -0.116. The molecule has 0 saturated carbocycles. The van der Waals surface area contributed by atoms with E-state index >= 15 is 0 Å². The van der Waals surface area contributed by atoms with Gasteiger partial charge in [-0.3, -0.25) is 4.79 Å². The number of Topliss-reactive ketones (excluding diaryl/α,β-unsaturated/α-hetero) is 1. The van der Waals surface area contributed by atoms with Crippen LogP contribution in [-0.4, -0.2) is 18.9 Å². The van der Waals surface area contributed by atoms with Gasteiger partial charge in [0.2, 0.25) is 5.78 Å². The summed E-state index contributed by atoms with van der Waals surface area (Å²) >= 11 is 0. The molecule has 0 bridgehead atoms. The van der Waals surface area contributed by atoms with Crippen molar-refractivity contribution in [3.8, 4) is 0 Å². The number of ketones is 1. The molecule has 1 aliphatic heterocycles. The molecule has 0 aromatic rings. The summed E-state index contributed by atoms with van der Waals surface area (Å²) in [6.45, 7) is 2.87. The zero-order valence-corrected chi connectivity index (χ0v) is 7.38. The Morgan fingerprint density at radius 3 is 3.08 bits per heavy atom. The molecular weight excluding hydrogens is 154 g/mol. The summed E-state index contributed by atoms with van der Waals surface area (Å²) < 4.78 is 5.22. The molecule has 12 heavy (non-hydrogen) atoms. The lowest BCUT2D eigenvalue weighted by atomic mass is 10.0. The number of carbonyl (C=O) groups excluding carboxylic acids is 1. The molecule has 0 saturated heterocycles. The van der Waals surface area contributed by atoms with Gasteiger partial charge in [0.15, 0.2) is 5.76 Å². The third-order valence-electron chi connectivity index (χ3n) is 1.98. The Labute approximate surface area is 72.6 Å². The lowest BCUT2D eigenvalue weighted by Crippen LogP contribution is -2.24. The fraction of sp³-hybridized carbons (Fsp3) is 0.667. The molecule has 0 aromatic heterocycles. The Kier molecular flexibility index (Phi) is 3.29. The topological polar surface area (TPSA) is 52.3 Å². The summed E-state index contributed by atoms with van der Waals surface area (Å²) in [7, 11) is 0. The van der Waals surface area contributed by atoms with Crippen LogP contribution in [0.1, 0.15) is 19.8 Å². The van der Waals surface area contributed by atoms with Crippen LogP contribution in [0, 0.1) is 5.92 Å². The number of nitrogens with two attached hydrogens (primary N) is 1. The molecule has 0 amide bonds. The van der Waals surface area contributed by atoms with Crippen LogP contribution in [-0.2, 0) is 9.53 Å². The first kappa shape index (κ1) is 9.26. The fourth-order valence-corrected chi connectivity index (χ4v) is 1.08. The van der Waals surface area contributed by atoms with Gasteiger partial charge in [-0.25, -0.2) is 0 Å². The van der Waals surface area contributed by atoms with Gasteiger partial charge in [0.1, 0.15) is 0 Å².